The van der Waals surface area contributed by atoms with Crippen molar-refractivity contribution in [2.24, 2.45) is 5.92 Å². The molecule has 2 aromatic heterocycles. The van der Waals surface area contributed by atoms with Crippen LogP contribution >= 0.6 is 0 Å². The number of ether oxygens (including phenoxy) is 1. The third kappa shape index (κ3) is 4.05. The van der Waals surface area contributed by atoms with Gasteiger partial charge in [-0.2, -0.15) is 4.98 Å². The molecule has 0 spiro atoms. The number of para-hydroxylation sites is 1. The number of halogens is 1. The Morgan fingerprint density at radius 1 is 1.15 bits per heavy atom. The van der Waals surface area contributed by atoms with E-state index in [2.05, 4.69) is 5.10 Å². The molecule has 1 fully saturated rings. The van der Waals surface area contributed by atoms with Crippen LogP contribution in [-0.2, 0) is 9.53 Å². The van der Waals surface area contributed by atoms with E-state index in [1.807, 2.05) is 35.2 Å². The second kappa shape index (κ2) is 9.09. The molecular weight excluding hydrogens is 435 g/mol. The molecule has 1 aliphatic rings. The lowest BCUT2D eigenvalue weighted by Gasteiger charge is -2.31. The number of esters is 1. The smallest absolute Gasteiger partial charge is 0.310 e. The van der Waals surface area contributed by atoms with Crippen molar-refractivity contribution in [2.45, 2.75) is 19.8 Å². The molecule has 34 heavy (non-hydrogen) atoms. The number of nitrogen functional groups attached to an aromatic ring is 1. The van der Waals surface area contributed by atoms with Crippen molar-refractivity contribution in [1.82, 2.24) is 19.7 Å². The van der Waals surface area contributed by atoms with Crippen LogP contribution in [0, 0.1) is 11.7 Å². The van der Waals surface area contributed by atoms with Crippen LogP contribution < -0.4 is 10.6 Å². The number of anilines is 2. The molecule has 2 N–H and O–H groups in total. The highest BCUT2D eigenvalue weighted by molar-refractivity contribution is 5.99. The summed E-state index contributed by atoms with van der Waals surface area (Å²) in [6, 6.07) is 15.6. The normalized spacial score (nSPS) is 16.1. The first-order valence-corrected chi connectivity index (χ1v) is 11.3. The lowest BCUT2D eigenvalue weighted by molar-refractivity contribution is -0.148. The summed E-state index contributed by atoms with van der Waals surface area (Å²) >= 11 is 0. The highest BCUT2D eigenvalue weighted by Crippen LogP contribution is 2.34. The molecule has 8 nitrogen and oxygen atoms in total. The Morgan fingerprint density at radius 3 is 2.65 bits per heavy atom. The summed E-state index contributed by atoms with van der Waals surface area (Å²) in [4.78, 5) is 23.9. The number of hydrogen-bond donors (Lipinski definition) is 1. The Morgan fingerprint density at radius 2 is 1.91 bits per heavy atom. The number of carbonyl (C=O) groups excluding carboxylic acids is 1. The highest BCUT2D eigenvalue weighted by Gasteiger charge is 2.29. The van der Waals surface area contributed by atoms with Crippen molar-refractivity contribution in [3.8, 4) is 16.9 Å². The molecule has 1 unspecified atom stereocenters. The van der Waals surface area contributed by atoms with Crippen LogP contribution in [0.25, 0.3) is 28.0 Å². The molecule has 1 aliphatic heterocycles. The molecular formula is C25H25FN6O2. The van der Waals surface area contributed by atoms with E-state index in [0.717, 1.165) is 18.5 Å². The summed E-state index contributed by atoms with van der Waals surface area (Å²) in [5.41, 5.74) is 9.03. The van der Waals surface area contributed by atoms with Crippen molar-refractivity contribution >= 4 is 28.8 Å². The third-order valence-electron chi connectivity index (χ3n) is 6.00. The Bertz CT molecular complexity index is 1320. The van der Waals surface area contributed by atoms with Gasteiger partial charge in [-0.15, -0.1) is 5.10 Å². The fourth-order valence-electron chi connectivity index (χ4n) is 4.34. The number of rotatable bonds is 5. The quantitative estimate of drug-likeness (QED) is 0.450. The first-order valence-electron chi connectivity index (χ1n) is 11.3. The van der Waals surface area contributed by atoms with Gasteiger partial charge in [-0.3, -0.25) is 4.79 Å². The van der Waals surface area contributed by atoms with Gasteiger partial charge in [0.2, 0.25) is 5.95 Å². The Balaban J connectivity index is 1.64. The minimum atomic E-state index is -0.337. The second-order valence-electron chi connectivity index (χ2n) is 8.25. The average molecular weight is 461 g/mol. The molecule has 1 saturated heterocycles. The molecule has 5 rings (SSSR count). The van der Waals surface area contributed by atoms with Crippen LogP contribution in [0.15, 0.2) is 54.6 Å². The summed E-state index contributed by atoms with van der Waals surface area (Å²) < 4.78 is 20.5. The van der Waals surface area contributed by atoms with Crippen LogP contribution in [0.5, 0.6) is 0 Å². The van der Waals surface area contributed by atoms with Gasteiger partial charge in [-0.05, 0) is 56.2 Å². The maximum atomic E-state index is 13.6. The van der Waals surface area contributed by atoms with Gasteiger partial charge < -0.3 is 15.4 Å². The van der Waals surface area contributed by atoms with E-state index in [0.29, 0.717) is 53.8 Å². The van der Waals surface area contributed by atoms with Gasteiger partial charge in [-0.1, -0.05) is 18.2 Å². The largest absolute Gasteiger partial charge is 0.466 e. The first-order chi connectivity index (χ1) is 16.5. The topological polar surface area (TPSA) is 99.2 Å². The monoisotopic (exact) mass is 460 g/mol. The fraction of sp³-hybridized carbons (Fsp3) is 0.280. The van der Waals surface area contributed by atoms with E-state index in [1.54, 1.807) is 23.7 Å². The Labute approximate surface area is 196 Å². The third-order valence-corrected chi connectivity index (χ3v) is 6.00. The lowest BCUT2D eigenvalue weighted by atomic mass is 9.98. The second-order valence-corrected chi connectivity index (χ2v) is 8.25. The van der Waals surface area contributed by atoms with Crippen molar-refractivity contribution in [3.63, 3.8) is 0 Å². The minimum absolute atomic E-state index is 0.204. The summed E-state index contributed by atoms with van der Waals surface area (Å²) in [7, 11) is 0. The summed E-state index contributed by atoms with van der Waals surface area (Å²) in [5, 5.41) is 5.27. The molecule has 0 saturated carbocycles. The van der Waals surface area contributed by atoms with Crippen molar-refractivity contribution in [1.29, 1.82) is 0 Å². The minimum Gasteiger partial charge on any atom is -0.466 e. The van der Waals surface area contributed by atoms with E-state index in [-0.39, 0.29) is 17.7 Å². The molecule has 3 heterocycles. The van der Waals surface area contributed by atoms with Crippen molar-refractivity contribution in [2.75, 3.05) is 30.3 Å². The van der Waals surface area contributed by atoms with Gasteiger partial charge in [0, 0.05) is 18.7 Å². The lowest BCUT2D eigenvalue weighted by Crippen LogP contribution is -2.40. The fourth-order valence-corrected chi connectivity index (χ4v) is 4.34. The average Bonchev–Trinajstić information content (AvgIpc) is 3.21. The summed E-state index contributed by atoms with van der Waals surface area (Å²) in [5.74, 6) is 0.0723. The number of hydrogen-bond acceptors (Lipinski definition) is 7. The van der Waals surface area contributed by atoms with E-state index in [1.165, 1.54) is 12.1 Å². The molecule has 0 bridgehead atoms. The summed E-state index contributed by atoms with van der Waals surface area (Å²) in [6.07, 6.45) is 1.58. The van der Waals surface area contributed by atoms with E-state index in [9.17, 15) is 9.18 Å². The standard InChI is InChI=1S/C25H25FN6O2/c1-2-34-24(33)17-7-6-14-31(15-17)25-28-21(16-10-12-18(26)13-11-16)20-22(27)32(30-23(20)29-25)19-8-4-3-5-9-19/h3-5,8-13,17H,2,6-7,14-15,27H2,1H3. The van der Waals surface area contributed by atoms with Crippen LogP contribution in [0.4, 0.5) is 16.2 Å². The Hall–Kier alpha value is -4.01. The number of nitrogens with zero attached hydrogens (tertiary/aromatic N) is 5. The predicted molar refractivity (Wildman–Crippen MR) is 128 cm³/mol. The van der Waals surface area contributed by atoms with Gasteiger partial charge >= 0.3 is 5.97 Å². The van der Waals surface area contributed by atoms with E-state index >= 15 is 0 Å². The Kier molecular flexibility index (Phi) is 5.83. The number of nitrogens with two attached hydrogens (primary N) is 1. The maximum Gasteiger partial charge on any atom is 0.310 e. The van der Waals surface area contributed by atoms with Gasteiger partial charge in [0.25, 0.3) is 0 Å². The van der Waals surface area contributed by atoms with Gasteiger partial charge in [0.1, 0.15) is 11.6 Å². The van der Waals surface area contributed by atoms with E-state index < -0.39 is 0 Å². The van der Waals surface area contributed by atoms with Crippen LogP contribution in [0.1, 0.15) is 19.8 Å². The number of fused-ring (bicyclic) bond motifs is 1. The molecule has 0 radical (unpaired) electrons. The number of carbonyl (C=O) groups is 1. The van der Waals surface area contributed by atoms with Crippen molar-refractivity contribution in [3.05, 3.63) is 60.4 Å². The maximum absolute atomic E-state index is 13.6. The predicted octanol–water partition coefficient (Wildman–Crippen LogP) is 3.98. The molecule has 4 aromatic rings. The van der Waals surface area contributed by atoms with Crippen LogP contribution in [0.3, 0.4) is 0 Å². The molecule has 174 valence electrons. The molecule has 1 atom stereocenters. The van der Waals surface area contributed by atoms with E-state index in [4.69, 9.17) is 20.4 Å². The van der Waals surface area contributed by atoms with Gasteiger partial charge in [-0.25, -0.2) is 14.1 Å². The van der Waals surface area contributed by atoms with Crippen LogP contribution in [-0.4, -0.2) is 45.4 Å². The molecule has 0 amide bonds. The first kappa shape index (κ1) is 21.8. The molecule has 0 aliphatic carbocycles. The van der Waals surface area contributed by atoms with Crippen LogP contribution in [0.2, 0.25) is 0 Å². The zero-order valence-corrected chi connectivity index (χ0v) is 18.8. The molecule has 9 heteroatoms. The number of benzene rings is 2. The SMILES string of the molecule is CCOC(=O)C1CCCN(c2nc(-c3ccc(F)cc3)c3c(N)n(-c4ccccc4)nc3n2)C1. The number of piperidine rings is 1. The highest BCUT2D eigenvalue weighted by atomic mass is 19.1. The zero-order chi connectivity index (χ0) is 23.7. The summed E-state index contributed by atoms with van der Waals surface area (Å²) in [6.45, 7) is 3.32. The molecule has 2 aromatic carbocycles. The van der Waals surface area contributed by atoms with Gasteiger partial charge in [0.05, 0.1) is 29.3 Å². The van der Waals surface area contributed by atoms with Gasteiger partial charge in [0.15, 0.2) is 5.65 Å². The number of aromatic nitrogens is 4. The zero-order valence-electron chi connectivity index (χ0n) is 18.8. The van der Waals surface area contributed by atoms with Crippen molar-refractivity contribution < 1.29 is 13.9 Å².